The second-order valence-corrected chi connectivity index (χ2v) is 4.33. The summed E-state index contributed by atoms with van der Waals surface area (Å²) in [4.78, 5) is 0. The molecule has 1 nitrogen and oxygen atoms in total. The predicted molar refractivity (Wildman–Crippen MR) is 47.6 cm³/mol. The fourth-order valence-corrected chi connectivity index (χ4v) is 2.88. The molecular formula is C10H19N. The van der Waals surface area contributed by atoms with Crippen molar-refractivity contribution in [3.05, 3.63) is 0 Å². The molecule has 0 radical (unpaired) electrons. The van der Waals surface area contributed by atoms with Crippen LogP contribution in [-0.4, -0.2) is 12.1 Å². The van der Waals surface area contributed by atoms with Gasteiger partial charge in [0.25, 0.3) is 0 Å². The molecule has 1 heterocycles. The monoisotopic (exact) mass is 153 g/mol. The van der Waals surface area contributed by atoms with E-state index in [0.29, 0.717) is 5.54 Å². The highest BCUT2D eigenvalue weighted by molar-refractivity contribution is 4.98. The van der Waals surface area contributed by atoms with E-state index in [2.05, 4.69) is 12.2 Å². The van der Waals surface area contributed by atoms with Crippen LogP contribution < -0.4 is 5.32 Å². The van der Waals surface area contributed by atoms with E-state index in [4.69, 9.17) is 0 Å². The van der Waals surface area contributed by atoms with Gasteiger partial charge < -0.3 is 5.32 Å². The van der Waals surface area contributed by atoms with Crippen molar-refractivity contribution < 1.29 is 0 Å². The fraction of sp³-hybridized carbons (Fsp3) is 1.00. The third-order valence-corrected chi connectivity index (χ3v) is 3.73. The largest absolute Gasteiger partial charge is 0.311 e. The lowest BCUT2D eigenvalue weighted by Crippen LogP contribution is -2.47. The molecule has 0 aromatic rings. The van der Waals surface area contributed by atoms with Crippen molar-refractivity contribution in [2.45, 2.75) is 51.0 Å². The summed E-state index contributed by atoms with van der Waals surface area (Å²) in [6.07, 6.45) is 8.65. The van der Waals surface area contributed by atoms with Crippen LogP contribution >= 0.6 is 0 Å². The summed E-state index contributed by atoms with van der Waals surface area (Å²) in [7, 11) is 0. The van der Waals surface area contributed by atoms with E-state index < -0.39 is 0 Å². The van der Waals surface area contributed by atoms with Crippen molar-refractivity contribution in [1.29, 1.82) is 0 Å². The predicted octanol–water partition coefficient (Wildman–Crippen LogP) is 2.32. The van der Waals surface area contributed by atoms with Crippen LogP contribution in [0.2, 0.25) is 0 Å². The van der Waals surface area contributed by atoms with Crippen LogP contribution in [0.4, 0.5) is 0 Å². The quantitative estimate of drug-likeness (QED) is 0.563. The zero-order valence-corrected chi connectivity index (χ0v) is 7.53. The highest BCUT2D eigenvalue weighted by Crippen LogP contribution is 2.39. The Balaban J connectivity index is 2.07. The van der Waals surface area contributed by atoms with Gasteiger partial charge in [0.1, 0.15) is 0 Å². The summed E-state index contributed by atoms with van der Waals surface area (Å²) in [5, 5.41) is 3.72. The Bertz CT molecular complexity index is 136. The van der Waals surface area contributed by atoms with E-state index in [9.17, 15) is 0 Å². The summed E-state index contributed by atoms with van der Waals surface area (Å²) in [6.45, 7) is 3.70. The van der Waals surface area contributed by atoms with Gasteiger partial charge >= 0.3 is 0 Å². The minimum atomic E-state index is 0.582. The molecule has 0 aromatic carbocycles. The molecule has 2 aliphatic rings. The molecule has 1 saturated heterocycles. The highest BCUT2D eigenvalue weighted by atomic mass is 15.0. The topological polar surface area (TPSA) is 12.0 Å². The number of hydrogen-bond donors (Lipinski definition) is 1. The number of rotatable bonds is 0. The SMILES string of the molecule is C[C@@H]1CCCC[C@@]12CCCN2. The van der Waals surface area contributed by atoms with Gasteiger partial charge in [0.05, 0.1) is 0 Å². The van der Waals surface area contributed by atoms with E-state index in [1.807, 2.05) is 0 Å². The van der Waals surface area contributed by atoms with Gasteiger partial charge in [-0.2, -0.15) is 0 Å². The average molecular weight is 153 g/mol. The van der Waals surface area contributed by atoms with Crippen LogP contribution in [0.5, 0.6) is 0 Å². The lowest BCUT2D eigenvalue weighted by atomic mass is 9.73. The fourth-order valence-electron chi connectivity index (χ4n) is 2.88. The van der Waals surface area contributed by atoms with Gasteiger partial charge in [-0.25, -0.2) is 0 Å². The van der Waals surface area contributed by atoms with Crippen LogP contribution in [0.1, 0.15) is 45.4 Å². The number of nitrogens with one attached hydrogen (secondary N) is 1. The second-order valence-electron chi connectivity index (χ2n) is 4.33. The Kier molecular flexibility index (Phi) is 1.92. The van der Waals surface area contributed by atoms with Crippen LogP contribution in [-0.2, 0) is 0 Å². The maximum atomic E-state index is 3.72. The molecule has 11 heavy (non-hydrogen) atoms. The minimum Gasteiger partial charge on any atom is -0.311 e. The first-order valence-corrected chi connectivity index (χ1v) is 5.08. The van der Waals surface area contributed by atoms with Gasteiger partial charge in [0.15, 0.2) is 0 Å². The van der Waals surface area contributed by atoms with Crippen molar-refractivity contribution >= 4 is 0 Å². The van der Waals surface area contributed by atoms with Crippen LogP contribution in [0.3, 0.4) is 0 Å². The van der Waals surface area contributed by atoms with Crippen LogP contribution in [0.25, 0.3) is 0 Å². The maximum Gasteiger partial charge on any atom is 0.0207 e. The first kappa shape index (κ1) is 7.60. The van der Waals surface area contributed by atoms with Gasteiger partial charge in [-0.3, -0.25) is 0 Å². The zero-order valence-electron chi connectivity index (χ0n) is 7.53. The Morgan fingerprint density at radius 2 is 2.00 bits per heavy atom. The molecule has 1 saturated carbocycles. The molecule has 64 valence electrons. The Hall–Kier alpha value is -0.0400. The van der Waals surface area contributed by atoms with Crippen molar-refractivity contribution in [3.8, 4) is 0 Å². The molecule has 0 aromatic heterocycles. The molecule has 1 aliphatic carbocycles. The van der Waals surface area contributed by atoms with E-state index >= 15 is 0 Å². The molecule has 1 heteroatoms. The van der Waals surface area contributed by atoms with Gasteiger partial charge in [-0.15, -0.1) is 0 Å². The molecule has 0 bridgehead atoms. The summed E-state index contributed by atoms with van der Waals surface area (Å²) in [5.41, 5.74) is 0.582. The van der Waals surface area contributed by atoms with Gasteiger partial charge in [0.2, 0.25) is 0 Å². The molecule has 1 aliphatic heterocycles. The van der Waals surface area contributed by atoms with Crippen LogP contribution in [0, 0.1) is 5.92 Å². The molecule has 2 atom stereocenters. The third kappa shape index (κ3) is 1.20. The summed E-state index contributed by atoms with van der Waals surface area (Å²) >= 11 is 0. The van der Waals surface area contributed by atoms with E-state index in [1.165, 1.54) is 45.1 Å². The van der Waals surface area contributed by atoms with Crippen molar-refractivity contribution in [1.82, 2.24) is 5.32 Å². The second kappa shape index (κ2) is 2.78. The number of hydrogen-bond acceptors (Lipinski definition) is 1. The molecule has 1 N–H and O–H groups in total. The third-order valence-electron chi connectivity index (χ3n) is 3.73. The standard InChI is InChI=1S/C10H19N/c1-9-5-2-3-6-10(9)7-4-8-11-10/h9,11H,2-8H2,1H3/t9-,10-/m1/s1. The Morgan fingerprint density at radius 1 is 1.18 bits per heavy atom. The van der Waals surface area contributed by atoms with Gasteiger partial charge in [-0.1, -0.05) is 19.8 Å². The summed E-state index contributed by atoms with van der Waals surface area (Å²) in [5.74, 6) is 0.929. The first-order chi connectivity index (χ1) is 5.33. The normalized spacial score (nSPS) is 45.0. The average Bonchev–Trinajstić information content (AvgIpc) is 2.46. The highest BCUT2D eigenvalue weighted by Gasteiger charge is 2.39. The minimum absolute atomic E-state index is 0.582. The molecule has 1 spiro atoms. The van der Waals surface area contributed by atoms with Gasteiger partial charge in [-0.05, 0) is 38.1 Å². The first-order valence-electron chi connectivity index (χ1n) is 5.08. The van der Waals surface area contributed by atoms with E-state index in [1.54, 1.807) is 0 Å². The van der Waals surface area contributed by atoms with Crippen molar-refractivity contribution in [3.63, 3.8) is 0 Å². The zero-order chi connectivity index (χ0) is 7.73. The molecular weight excluding hydrogens is 134 g/mol. The maximum absolute atomic E-state index is 3.72. The van der Waals surface area contributed by atoms with Crippen molar-refractivity contribution in [2.24, 2.45) is 5.92 Å². The van der Waals surface area contributed by atoms with E-state index in [-0.39, 0.29) is 0 Å². The van der Waals surface area contributed by atoms with Crippen LogP contribution in [0.15, 0.2) is 0 Å². The molecule has 2 fully saturated rings. The molecule has 0 unspecified atom stereocenters. The Morgan fingerprint density at radius 3 is 2.64 bits per heavy atom. The summed E-state index contributed by atoms with van der Waals surface area (Å²) < 4.78 is 0. The smallest absolute Gasteiger partial charge is 0.0207 e. The lowest BCUT2D eigenvalue weighted by Gasteiger charge is -2.39. The Labute approximate surface area is 69.6 Å². The van der Waals surface area contributed by atoms with Crippen molar-refractivity contribution in [2.75, 3.05) is 6.54 Å². The lowest BCUT2D eigenvalue weighted by molar-refractivity contribution is 0.179. The molecule has 0 amide bonds. The molecule has 2 rings (SSSR count). The van der Waals surface area contributed by atoms with E-state index in [0.717, 1.165) is 5.92 Å². The summed E-state index contributed by atoms with van der Waals surface area (Å²) in [6, 6.07) is 0. The van der Waals surface area contributed by atoms with Gasteiger partial charge in [0, 0.05) is 5.54 Å².